The summed E-state index contributed by atoms with van der Waals surface area (Å²) in [6.45, 7) is 2.72. The predicted molar refractivity (Wildman–Crippen MR) is 121 cm³/mol. The van der Waals surface area contributed by atoms with E-state index in [0.29, 0.717) is 18.2 Å². The van der Waals surface area contributed by atoms with Crippen LogP contribution < -0.4 is 20.7 Å². The number of benzene rings is 2. The molecule has 0 saturated carbocycles. The first-order valence-electron chi connectivity index (χ1n) is 8.65. The Morgan fingerprint density at radius 1 is 1.14 bits per heavy atom. The highest BCUT2D eigenvalue weighted by molar-refractivity contribution is 14.0. The number of carbonyl (C=O) groups excluding carboxylic acids is 1. The number of guanidine groups is 1. The average Bonchev–Trinajstić information content (AvgIpc) is 2.66. The Bertz CT molecular complexity index is 797. The van der Waals surface area contributed by atoms with E-state index in [1.165, 1.54) is 29.8 Å². The van der Waals surface area contributed by atoms with Gasteiger partial charge in [-0.3, -0.25) is 9.79 Å². The van der Waals surface area contributed by atoms with Crippen molar-refractivity contribution in [2.24, 2.45) is 4.99 Å². The van der Waals surface area contributed by atoms with Gasteiger partial charge in [0.25, 0.3) is 0 Å². The van der Waals surface area contributed by atoms with Crippen molar-refractivity contribution in [2.45, 2.75) is 13.3 Å². The molecule has 0 fully saturated rings. The van der Waals surface area contributed by atoms with Crippen molar-refractivity contribution < 1.29 is 13.9 Å². The summed E-state index contributed by atoms with van der Waals surface area (Å²) < 4.78 is 18.3. The highest BCUT2D eigenvalue weighted by Gasteiger charge is 2.06. The number of hydrogen-bond donors (Lipinski definition) is 3. The minimum absolute atomic E-state index is 0. The van der Waals surface area contributed by atoms with Crippen LogP contribution >= 0.6 is 24.0 Å². The van der Waals surface area contributed by atoms with E-state index in [9.17, 15) is 9.18 Å². The van der Waals surface area contributed by atoms with Gasteiger partial charge in [0.1, 0.15) is 11.6 Å². The number of halogens is 2. The van der Waals surface area contributed by atoms with Crippen LogP contribution in [0.25, 0.3) is 0 Å². The molecule has 0 aliphatic carbocycles. The summed E-state index contributed by atoms with van der Waals surface area (Å²) in [5.41, 5.74) is 2.82. The van der Waals surface area contributed by atoms with E-state index in [0.717, 1.165) is 17.7 Å². The first-order valence-corrected chi connectivity index (χ1v) is 8.65. The van der Waals surface area contributed by atoms with Crippen LogP contribution in [0.4, 0.5) is 10.1 Å². The molecular formula is C20H26FIN4O2. The lowest BCUT2D eigenvalue weighted by Crippen LogP contribution is -2.42. The molecule has 0 heterocycles. The van der Waals surface area contributed by atoms with E-state index in [1.54, 1.807) is 14.2 Å². The molecule has 0 spiro atoms. The van der Waals surface area contributed by atoms with Crippen LogP contribution in [-0.2, 0) is 11.2 Å². The molecule has 0 atom stereocenters. The largest absolute Gasteiger partial charge is 0.496 e. The van der Waals surface area contributed by atoms with Gasteiger partial charge in [0.2, 0.25) is 5.91 Å². The van der Waals surface area contributed by atoms with Crippen molar-refractivity contribution in [3.8, 4) is 5.75 Å². The van der Waals surface area contributed by atoms with Crippen LogP contribution in [0.1, 0.15) is 11.1 Å². The van der Waals surface area contributed by atoms with Crippen LogP contribution in [0.15, 0.2) is 47.5 Å². The summed E-state index contributed by atoms with van der Waals surface area (Å²) >= 11 is 0. The van der Waals surface area contributed by atoms with E-state index in [2.05, 4.69) is 27.0 Å². The molecule has 0 unspecified atom stereocenters. The fourth-order valence-corrected chi connectivity index (χ4v) is 2.54. The van der Waals surface area contributed by atoms with Crippen molar-refractivity contribution in [3.63, 3.8) is 0 Å². The summed E-state index contributed by atoms with van der Waals surface area (Å²) in [5.74, 6) is 0.783. The number of methoxy groups -OCH3 is 1. The Labute approximate surface area is 182 Å². The zero-order valence-corrected chi connectivity index (χ0v) is 18.5. The number of anilines is 1. The normalized spacial score (nSPS) is 10.6. The summed E-state index contributed by atoms with van der Waals surface area (Å²) in [6, 6.07) is 11.7. The monoisotopic (exact) mass is 500 g/mol. The summed E-state index contributed by atoms with van der Waals surface area (Å²) in [6.07, 6.45) is 0.757. The molecule has 0 radical (unpaired) electrons. The number of nitrogens with zero attached hydrogens (tertiary/aromatic N) is 1. The fourth-order valence-electron chi connectivity index (χ4n) is 2.54. The van der Waals surface area contributed by atoms with Gasteiger partial charge in [-0.1, -0.05) is 17.7 Å². The number of nitrogens with one attached hydrogen (secondary N) is 3. The van der Waals surface area contributed by atoms with Crippen molar-refractivity contribution in [2.75, 3.05) is 32.6 Å². The Kier molecular flexibility index (Phi) is 10.3. The molecule has 0 bridgehead atoms. The standard InChI is InChI=1S/C20H25FN4O2.HI/c1-14-4-9-18(27-3)15(12-14)10-11-23-20(22-2)24-13-19(26)25-17-7-5-16(21)6-8-17;/h4-9,12H,10-11,13H2,1-3H3,(H,25,26)(H2,22,23,24);1H. The Hall–Kier alpha value is -2.36. The molecule has 6 nitrogen and oxygen atoms in total. The number of hydrogen-bond acceptors (Lipinski definition) is 3. The van der Waals surface area contributed by atoms with Crippen LogP contribution in [0.3, 0.4) is 0 Å². The molecule has 0 aliphatic heterocycles. The lowest BCUT2D eigenvalue weighted by molar-refractivity contribution is -0.115. The minimum atomic E-state index is -0.346. The van der Waals surface area contributed by atoms with Crippen molar-refractivity contribution in [1.82, 2.24) is 10.6 Å². The smallest absolute Gasteiger partial charge is 0.243 e. The van der Waals surface area contributed by atoms with Crippen LogP contribution in [0, 0.1) is 12.7 Å². The maximum atomic E-state index is 12.9. The lowest BCUT2D eigenvalue weighted by Gasteiger charge is -2.13. The maximum absolute atomic E-state index is 12.9. The van der Waals surface area contributed by atoms with E-state index < -0.39 is 0 Å². The highest BCUT2D eigenvalue weighted by Crippen LogP contribution is 2.19. The molecule has 0 aromatic heterocycles. The number of ether oxygens (including phenoxy) is 1. The molecule has 8 heteroatoms. The van der Waals surface area contributed by atoms with Gasteiger partial charge in [-0.2, -0.15) is 0 Å². The molecule has 28 heavy (non-hydrogen) atoms. The Morgan fingerprint density at radius 2 is 1.86 bits per heavy atom. The van der Waals surface area contributed by atoms with Crippen molar-refractivity contribution >= 4 is 41.5 Å². The van der Waals surface area contributed by atoms with Gasteiger partial charge in [-0.05, 0) is 49.2 Å². The minimum Gasteiger partial charge on any atom is -0.496 e. The first kappa shape index (κ1) is 23.7. The van der Waals surface area contributed by atoms with E-state index in [4.69, 9.17) is 4.74 Å². The topological polar surface area (TPSA) is 74.8 Å². The number of amides is 1. The quantitative estimate of drug-likeness (QED) is 0.311. The number of aryl methyl sites for hydroxylation is 1. The van der Waals surface area contributed by atoms with Gasteiger partial charge in [0.15, 0.2) is 5.96 Å². The fraction of sp³-hybridized carbons (Fsp3) is 0.300. The van der Waals surface area contributed by atoms with Crippen molar-refractivity contribution in [1.29, 1.82) is 0 Å². The van der Waals surface area contributed by atoms with Gasteiger partial charge < -0.3 is 20.7 Å². The molecule has 152 valence electrons. The van der Waals surface area contributed by atoms with E-state index in [-0.39, 0.29) is 42.2 Å². The Balaban J connectivity index is 0.00000392. The third kappa shape index (κ3) is 7.71. The highest BCUT2D eigenvalue weighted by atomic mass is 127. The molecular weight excluding hydrogens is 474 g/mol. The Morgan fingerprint density at radius 3 is 2.50 bits per heavy atom. The molecule has 0 saturated heterocycles. The third-order valence-electron chi connectivity index (χ3n) is 3.89. The zero-order valence-electron chi connectivity index (χ0n) is 16.2. The van der Waals surface area contributed by atoms with Gasteiger partial charge >= 0.3 is 0 Å². The molecule has 0 aliphatic rings. The second-order valence-corrected chi connectivity index (χ2v) is 5.97. The van der Waals surface area contributed by atoms with Gasteiger partial charge in [0.05, 0.1) is 13.7 Å². The van der Waals surface area contributed by atoms with Crippen LogP contribution in [0.2, 0.25) is 0 Å². The van der Waals surface area contributed by atoms with Gasteiger partial charge in [0, 0.05) is 19.3 Å². The average molecular weight is 500 g/mol. The number of carbonyl (C=O) groups is 1. The molecule has 2 rings (SSSR count). The predicted octanol–water partition coefficient (Wildman–Crippen LogP) is 3.11. The summed E-state index contributed by atoms with van der Waals surface area (Å²) in [7, 11) is 3.29. The third-order valence-corrected chi connectivity index (χ3v) is 3.89. The molecule has 3 N–H and O–H groups in total. The number of rotatable bonds is 7. The molecule has 2 aromatic carbocycles. The van der Waals surface area contributed by atoms with Crippen LogP contribution in [-0.4, -0.2) is 39.1 Å². The van der Waals surface area contributed by atoms with Crippen LogP contribution in [0.5, 0.6) is 5.75 Å². The second-order valence-electron chi connectivity index (χ2n) is 5.97. The lowest BCUT2D eigenvalue weighted by atomic mass is 10.1. The second kappa shape index (κ2) is 12.2. The number of aliphatic imine (C=N–C) groups is 1. The molecule has 2 aromatic rings. The SMILES string of the molecule is CN=C(NCCc1cc(C)ccc1OC)NCC(=O)Nc1ccc(F)cc1.I. The zero-order chi connectivity index (χ0) is 19.6. The van der Waals surface area contributed by atoms with E-state index >= 15 is 0 Å². The summed E-state index contributed by atoms with van der Waals surface area (Å²) in [5, 5.41) is 8.80. The first-order chi connectivity index (χ1) is 13.0. The van der Waals surface area contributed by atoms with E-state index in [1.807, 2.05) is 19.1 Å². The van der Waals surface area contributed by atoms with Gasteiger partial charge in [-0.15, -0.1) is 24.0 Å². The maximum Gasteiger partial charge on any atom is 0.243 e. The van der Waals surface area contributed by atoms with Crippen molar-refractivity contribution in [3.05, 3.63) is 59.4 Å². The molecule has 1 amide bonds. The summed E-state index contributed by atoms with van der Waals surface area (Å²) in [4.78, 5) is 16.1. The van der Waals surface area contributed by atoms with Gasteiger partial charge in [-0.25, -0.2) is 4.39 Å².